The fraction of sp³-hybridized carbons (Fsp3) is 0.200. The highest BCUT2D eigenvalue weighted by atomic mass is 16.7. The third kappa shape index (κ3) is 6.80. The molecule has 7 nitrogen and oxygen atoms in total. The molecule has 2 heterocycles. The predicted molar refractivity (Wildman–Crippen MR) is 179 cm³/mol. The average Bonchev–Trinajstić information content (AvgIpc) is 3.38. The molecule has 0 aliphatic carbocycles. The van der Waals surface area contributed by atoms with Gasteiger partial charge in [-0.3, -0.25) is 14.5 Å². The molecule has 0 radical (unpaired) electrons. The van der Waals surface area contributed by atoms with Crippen molar-refractivity contribution in [3.05, 3.63) is 172 Å². The summed E-state index contributed by atoms with van der Waals surface area (Å²) < 4.78 is 13.3. The minimum Gasteiger partial charge on any atom is -0.392 e. The van der Waals surface area contributed by atoms with Crippen LogP contribution in [0.5, 0.6) is 0 Å². The third-order valence-electron chi connectivity index (χ3n) is 8.77. The lowest BCUT2D eigenvalue weighted by Crippen LogP contribution is -2.39. The summed E-state index contributed by atoms with van der Waals surface area (Å²) in [4.78, 5) is 30.2. The number of nitrogens with zero attached hydrogens (tertiary/aromatic N) is 2. The van der Waals surface area contributed by atoms with E-state index in [-0.39, 0.29) is 30.6 Å². The number of fused-ring (bicyclic) bond motifs is 1. The Morgan fingerprint density at radius 2 is 1.23 bits per heavy atom. The monoisotopic (exact) mass is 624 g/mol. The number of benzene rings is 5. The van der Waals surface area contributed by atoms with Gasteiger partial charge in [0.1, 0.15) is 0 Å². The first-order valence-corrected chi connectivity index (χ1v) is 15.9. The Hall–Kier alpha value is -4.92. The predicted octanol–water partition coefficient (Wildman–Crippen LogP) is 7.23. The molecule has 3 atom stereocenters. The molecule has 7 heteroatoms. The summed E-state index contributed by atoms with van der Waals surface area (Å²) in [5.41, 5.74) is 6.26. The molecule has 5 aromatic carbocycles. The summed E-state index contributed by atoms with van der Waals surface area (Å²) >= 11 is 0. The SMILES string of the molecule is O=C1c2ccccc2C(=O)N1c1cccc(C2OC(CN(Cc3ccccc3)Cc3ccccc3)CC(c3ccc(CO)cc3)O2)c1. The first-order chi connectivity index (χ1) is 23.1. The van der Waals surface area contributed by atoms with Crippen LogP contribution in [0.25, 0.3) is 0 Å². The topological polar surface area (TPSA) is 79.3 Å². The largest absolute Gasteiger partial charge is 0.392 e. The van der Waals surface area contributed by atoms with Crippen LogP contribution in [-0.2, 0) is 29.2 Å². The van der Waals surface area contributed by atoms with Crippen LogP contribution < -0.4 is 4.90 Å². The van der Waals surface area contributed by atoms with Gasteiger partial charge in [0.2, 0.25) is 0 Å². The standard InChI is InChI=1S/C40H36N2O5/c43-27-30-18-20-31(21-19-30)37-23-34(26-41(24-28-10-3-1-4-11-28)25-29-12-5-2-6-13-29)46-40(47-37)32-14-9-15-33(22-32)42-38(44)35-16-7-8-17-36(35)39(42)45/h1-22,34,37,40,43H,23-27H2. The van der Waals surface area contributed by atoms with Gasteiger partial charge in [-0.1, -0.05) is 109 Å². The number of carbonyl (C=O) groups is 2. The van der Waals surface area contributed by atoms with Crippen molar-refractivity contribution in [2.75, 3.05) is 11.4 Å². The molecular weight excluding hydrogens is 588 g/mol. The van der Waals surface area contributed by atoms with Crippen LogP contribution in [0.1, 0.15) is 67.3 Å². The molecule has 2 aliphatic rings. The van der Waals surface area contributed by atoms with E-state index in [1.807, 2.05) is 54.6 Å². The maximum Gasteiger partial charge on any atom is 0.266 e. The number of amides is 2. The highest BCUT2D eigenvalue weighted by molar-refractivity contribution is 6.34. The number of aliphatic hydroxyl groups excluding tert-OH is 1. The Balaban J connectivity index is 1.18. The molecule has 5 aromatic rings. The molecule has 2 amide bonds. The Morgan fingerprint density at radius 1 is 0.638 bits per heavy atom. The van der Waals surface area contributed by atoms with E-state index in [1.54, 1.807) is 30.3 Å². The van der Waals surface area contributed by atoms with Crippen LogP contribution in [-0.4, -0.2) is 34.5 Å². The number of rotatable bonds is 10. The molecule has 0 aromatic heterocycles. The van der Waals surface area contributed by atoms with E-state index in [9.17, 15) is 14.7 Å². The molecule has 7 rings (SSSR count). The fourth-order valence-electron chi connectivity index (χ4n) is 6.42. The number of carbonyl (C=O) groups excluding carboxylic acids is 2. The maximum absolute atomic E-state index is 13.3. The molecule has 0 bridgehead atoms. The van der Waals surface area contributed by atoms with Crippen LogP contribution >= 0.6 is 0 Å². The molecule has 1 N–H and O–H groups in total. The van der Waals surface area contributed by atoms with E-state index in [0.29, 0.717) is 29.8 Å². The second-order valence-corrected chi connectivity index (χ2v) is 12.1. The van der Waals surface area contributed by atoms with Gasteiger partial charge in [-0.05, 0) is 46.5 Å². The molecule has 47 heavy (non-hydrogen) atoms. The van der Waals surface area contributed by atoms with Gasteiger partial charge in [-0.25, -0.2) is 4.90 Å². The molecule has 236 valence electrons. The van der Waals surface area contributed by atoms with Crippen molar-refractivity contribution in [2.24, 2.45) is 0 Å². The summed E-state index contributed by atoms with van der Waals surface area (Å²) in [6, 6.07) is 42.9. The van der Waals surface area contributed by atoms with Crippen molar-refractivity contribution in [1.82, 2.24) is 4.90 Å². The van der Waals surface area contributed by atoms with Crippen molar-refractivity contribution in [3.63, 3.8) is 0 Å². The lowest BCUT2D eigenvalue weighted by Gasteiger charge is -2.38. The molecule has 3 unspecified atom stereocenters. The van der Waals surface area contributed by atoms with Crippen molar-refractivity contribution in [1.29, 1.82) is 0 Å². The van der Waals surface area contributed by atoms with Crippen LogP contribution in [0.2, 0.25) is 0 Å². The molecule has 2 aliphatic heterocycles. The van der Waals surface area contributed by atoms with E-state index >= 15 is 0 Å². The molecule has 0 spiro atoms. The molecule has 0 saturated carbocycles. The lowest BCUT2D eigenvalue weighted by atomic mass is 9.99. The van der Waals surface area contributed by atoms with Gasteiger partial charge in [-0.15, -0.1) is 0 Å². The zero-order chi connectivity index (χ0) is 32.2. The number of aliphatic hydroxyl groups is 1. The van der Waals surface area contributed by atoms with Crippen LogP contribution in [0.3, 0.4) is 0 Å². The normalized spacial score (nSPS) is 19.3. The fourth-order valence-corrected chi connectivity index (χ4v) is 6.42. The molecule has 1 saturated heterocycles. The summed E-state index contributed by atoms with van der Waals surface area (Å²) in [6.45, 7) is 2.14. The van der Waals surface area contributed by atoms with E-state index in [1.165, 1.54) is 16.0 Å². The van der Waals surface area contributed by atoms with E-state index in [2.05, 4.69) is 53.4 Å². The Kier molecular flexibility index (Phi) is 9.04. The summed E-state index contributed by atoms with van der Waals surface area (Å²) in [6.07, 6.45) is -0.564. The van der Waals surface area contributed by atoms with Gasteiger partial charge in [0.25, 0.3) is 11.8 Å². The quantitative estimate of drug-likeness (QED) is 0.165. The van der Waals surface area contributed by atoms with Crippen LogP contribution in [0.15, 0.2) is 133 Å². The first-order valence-electron chi connectivity index (χ1n) is 15.9. The number of hydrogen-bond acceptors (Lipinski definition) is 6. The zero-order valence-electron chi connectivity index (χ0n) is 25.9. The van der Waals surface area contributed by atoms with Gasteiger partial charge in [-0.2, -0.15) is 0 Å². The van der Waals surface area contributed by atoms with Gasteiger partial charge in [0, 0.05) is 31.6 Å². The maximum atomic E-state index is 13.3. The summed E-state index contributed by atoms with van der Waals surface area (Å²) in [7, 11) is 0. The van der Waals surface area contributed by atoms with Crippen LogP contribution in [0.4, 0.5) is 5.69 Å². The van der Waals surface area contributed by atoms with E-state index in [0.717, 1.165) is 29.8 Å². The number of hydrogen-bond donors (Lipinski definition) is 1. The minimum absolute atomic E-state index is 0.0291. The zero-order valence-corrected chi connectivity index (χ0v) is 25.9. The highest BCUT2D eigenvalue weighted by Gasteiger charge is 2.38. The van der Waals surface area contributed by atoms with Crippen molar-refractivity contribution in [2.45, 2.75) is 44.6 Å². The van der Waals surface area contributed by atoms with Crippen LogP contribution in [0, 0.1) is 0 Å². The highest BCUT2D eigenvalue weighted by Crippen LogP contribution is 2.40. The minimum atomic E-state index is -0.735. The van der Waals surface area contributed by atoms with E-state index in [4.69, 9.17) is 9.47 Å². The smallest absolute Gasteiger partial charge is 0.266 e. The van der Waals surface area contributed by atoms with E-state index < -0.39 is 6.29 Å². The average molecular weight is 625 g/mol. The Labute approximate surface area is 274 Å². The lowest BCUT2D eigenvalue weighted by molar-refractivity contribution is -0.253. The number of imide groups is 1. The molecular formula is C40H36N2O5. The summed E-state index contributed by atoms with van der Waals surface area (Å²) in [5.74, 6) is -0.684. The van der Waals surface area contributed by atoms with Crippen molar-refractivity contribution >= 4 is 17.5 Å². The van der Waals surface area contributed by atoms with Gasteiger partial charge < -0.3 is 14.6 Å². The molecule has 1 fully saturated rings. The van der Waals surface area contributed by atoms with Gasteiger partial charge in [0.15, 0.2) is 6.29 Å². The van der Waals surface area contributed by atoms with Gasteiger partial charge >= 0.3 is 0 Å². The first kappa shape index (κ1) is 30.7. The number of anilines is 1. The van der Waals surface area contributed by atoms with Gasteiger partial charge in [0.05, 0.1) is 35.6 Å². The number of ether oxygens (including phenoxy) is 2. The van der Waals surface area contributed by atoms with Crippen molar-refractivity contribution < 1.29 is 24.2 Å². The Morgan fingerprint density at radius 3 is 1.83 bits per heavy atom. The second kappa shape index (κ2) is 13.8. The second-order valence-electron chi connectivity index (χ2n) is 12.1. The summed E-state index contributed by atoms with van der Waals surface area (Å²) in [5, 5.41) is 9.61. The Bertz CT molecular complexity index is 1770. The van der Waals surface area contributed by atoms with Crippen molar-refractivity contribution in [3.8, 4) is 0 Å². The third-order valence-corrected chi connectivity index (χ3v) is 8.77.